The Bertz CT molecular complexity index is 210. The normalized spacial score (nSPS) is 7.00. The molecule has 12 heavy (non-hydrogen) atoms. The van der Waals surface area contributed by atoms with Crippen LogP contribution in [-0.4, -0.2) is 67.7 Å². The van der Waals surface area contributed by atoms with Gasteiger partial charge in [-0.25, -0.2) is 0 Å². The molecule has 0 rings (SSSR count). The first-order valence-corrected chi connectivity index (χ1v) is 4.19. The zero-order chi connectivity index (χ0) is 9.07. The summed E-state index contributed by atoms with van der Waals surface area (Å²) in [5.74, 6) is 0. The van der Waals surface area contributed by atoms with Gasteiger partial charge >= 0.3 is 81.0 Å². The summed E-state index contributed by atoms with van der Waals surface area (Å²) < 4.78 is 0. The van der Waals surface area contributed by atoms with Crippen molar-refractivity contribution in [2.24, 2.45) is 0 Å². The van der Waals surface area contributed by atoms with Crippen molar-refractivity contribution in [3.8, 4) is 0 Å². The molecule has 0 aromatic rings. The minimum absolute atomic E-state index is 1.09. The van der Waals surface area contributed by atoms with Crippen molar-refractivity contribution < 1.29 is 0 Å². The van der Waals surface area contributed by atoms with Crippen LogP contribution >= 0.6 is 0 Å². The molecule has 0 N–H and O–H groups in total. The Balaban J connectivity index is 3.58. The summed E-state index contributed by atoms with van der Waals surface area (Å²) in [5, 5.41) is 0. The molecule has 0 aliphatic heterocycles. The third-order valence-electron chi connectivity index (χ3n) is 1.17. The van der Waals surface area contributed by atoms with Crippen molar-refractivity contribution in [1.82, 2.24) is 0 Å². The molecule has 0 unspecified atom stereocenters. The molecule has 0 spiro atoms. The number of hydrogen-bond acceptors (Lipinski definition) is 0. The number of hydrogen-bond donors (Lipinski definition) is 0. The van der Waals surface area contributed by atoms with E-state index in [1.54, 1.807) is 6.69 Å². The molecule has 0 atom stereocenters. The van der Waals surface area contributed by atoms with Gasteiger partial charge in [0.05, 0.1) is 0 Å². The van der Waals surface area contributed by atoms with Crippen LogP contribution in [0.5, 0.6) is 0 Å². The molecule has 0 bridgehead atoms. The zero-order valence-corrected chi connectivity index (χ0v) is 7.61. The Morgan fingerprint density at radius 1 is 0.833 bits per heavy atom. The van der Waals surface area contributed by atoms with Crippen molar-refractivity contribution in [2.75, 3.05) is 0 Å². The molecule has 0 heterocycles. The number of rotatable bonds is 5. The first-order chi connectivity index (χ1) is 5.91. The second kappa shape index (κ2) is 11.6. The van der Waals surface area contributed by atoms with Gasteiger partial charge in [0.1, 0.15) is 0 Å². The maximum absolute atomic E-state index is 3.57. The molecular formula is C2H6B10. The predicted molar refractivity (Wildman–Crippen MR) is 69.4 cm³/mol. The van der Waals surface area contributed by atoms with E-state index in [4.69, 9.17) is 0 Å². The van der Waals surface area contributed by atoms with Gasteiger partial charge in [0.25, 0.3) is 0 Å². The Labute approximate surface area is 81.3 Å². The van der Waals surface area contributed by atoms with Crippen LogP contribution in [0.2, 0.25) is 6.32 Å². The van der Waals surface area contributed by atoms with Crippen LogP contribution in [0, 0.1) is 0 Å². The van der Waals surface area contributed by atoms with E-state index >= 15 is 0 Å². The van der Waals surface area contributed by atoms with E-state index in [1.165, 1.54) is 0 Å². The van der Waals surface area contributed by atoms with Crippen LogP contribution in [0.25, 0.3) is 0 Å². The van der Waals surface area contributed by atoms with Gasteiger partial charge in [-0.3, -0.25) is 0 Å². The fourth-order valence-electron chi connectivity index (χ4n) is 0.614. The quantitative estimate of drug-likeness (QED) is 0.353. The van der Waals surface area contributed by atoms with Crippen molar-refractivity contribution in [2.45, 2.75) is 13.2 Å². The molecule has 0 aliphatic rings. The molecule has 44 valence electrons. The van der Waals surface area contributed by atoms with Crippen LogP contribution in [0.15, 0.2) is 0 Å². The zero-order valence-electron chi connectivity index (χ0n) is 7.61. The van der Waals surface area contributed by atoms with E-state index in [0.29, 0.717) is 0 Å². The van der Waals surface area contributed by atoms with Crippen molar-refractivity contribution >= 4 is 67.7 Å². The van der Waals surface area contributed by atoms with Gasteiger partial charge in [-0.1, -0.05) is 0 Å². The topological polar surface area (TPSA) is 0 Å². The Morgan fingerprint density at radius 2 is 1.33 bits per heavy atom. The van der Waals surface area contributed by atoms with Crippen LogP contribution in [-0.2, 0) is 0 Å². The van der Waals surface area contributed by atoms with E-state index < -0.39 is 0 Å². The van der Waals surface area contributed by atoms with Crippen molar-refractivity contribution in [1.29, 1.82) is 0 Å². The van der Waals surface area contributed by atoms with Gasteiger partial charge in [0.2, 0.25) is 0 Å². The van der Waals surface area contributed by atoms with Gasteiger partial charge < -0.3 is 0 Å². The van der Waals surface area contributed by atoms with Crippen LogP contribution in [0.1, 0.15) is 6.92 Å². The second-order valence-electron chi connectivity index (χ2n) is 2.23. The van der Waals surface area contributed by atoms with E-state index in [9.17, 15) is 0 Å². The third kappa shape index (κ3) is 10.6. The van der Waals surface area contributed by atoms with Gasteiger partial charge in [-0.2, -0.15) is 0 Å². The average molecular weight is 138 g/mol. The second-order valence-corrected chi connectivity index (χ2v) is 2.23. The van der Waals surface area contributed by atoms with Gasteiger partial charge in [-0.05, 0) is 0 Å². The first-order valence-electron chi connectivity index (χ1n) is 4.19. The third-order valence-corrected chi connectivity index (χ3v) is 1.17. The summed E-state index contributed by atoms with van der Waals surface area (Å²) >= 11 is 0. The van der Waals surface area contributed by atoms with Crippen LogP contribution in [0.3, 0.4) is 0 Å². The molecule has 0 radical (unpaired) electrons. The fraction of sp³-hybridized carbons (Fsp3) is 1.00. The monoisotopic (exact) mass is 140 g/mol. The summed E-state index contributed by atoms with van der Waals surface area (Å²) in [6.45, 7) is 19.8. The Hall–Kier alpha value is 0.649. The minimum atomic E-state index is 1.09. The van der Waals surface area contributed by atoms with Crippen LogP contribution in [0.4, 0.5) is 0 Å². The Kier molecular flexibility index (Phi) is 12.3. The van der Waals surface area contributed by atoms with E-state index in [2.05, 4.69) is 21.1 Å². The van der Waals surface area contributed by atoms with E-state index in [1.807, 2.05) is 46.8 Å². The van der Waals surface area contributed by atoms with Crippen molar-refractivity contribution in [3.05, 3.63) is 0 Å². The van der Waals surface area contributed by atoms with Gasteiger partial charge in [-0.15, -0.1) is 0 Å². The molecule has 0 nitrogen and oxygen atoms in total. The summed E-state index contributed by atoms with van der Waals surface area (Å²) in [5.41, 5.74) is 0. The SMILES string of the molecule is B=BB=BB=BB=BB=BCC. The van der Waals surface area contributed by atoms with E-state index in [0.717, 1.165) is 6.32 Å². The molecule has 0 saturated carbocycles. The van der Waals surface area contributed by atoms with Crippen molar-refractivity contribution in [3.63, 3.8) is 0 Å². The van der Waals surface area contributed by atoms with Gasteiger partial charge in [0.15, 0.2) is 0 Å². The average Bonchev–Trinajstić information content (AvgIpc) is 2.10. The maximum atomic E-state index is 3.57. The van der Waals surface area contributed by atoms with E-state index in [-0.39, 0.29) is 0 Å². The molecule has 0 aromatic carbocycles. The summed E-state index contributed by atoms with van der Waals surface area (Å²) in [6.07, 6.45) is 1.09. The van der Waals surface area contributed by atoms with Gasteiger partial charge in [0, 0.05) is 0 Å². The predicted octanol–water partition coefficient (Wildman–Crippen LogP) is -3.10. The molecular weight excluding hydrogens is 132 g/mol. The summed E-state index contributed by atoms with van der Waals surface area (Å²) in [6, 6.07) is 0. The molecule has 0 aromatic heterocycles. The fourth-order valence-corrected chi connectivity index (χ4v) is 0.614. The standard InChI is InChI=1S/C2H6B10/c1-2-4-6-8-10-12-11-9-7-5-3/h3H,2H2,1H3. The summed E-state index contributed by atoms with van der Waals surface area (Å²) in [4.78, 5) is 0. The molecule has 0 fully saturated rings. The molecule has 0 aliphatic carbocycles. The summed E-state index contributed by atoms with van der Waals surface area (Å²) in [7, 11) is 3.57. The van der Waals surface area contributed by atoms with Crippen LogP contribution < -0.4 is 0 Å². The first kappa shape index (κ1) is 12.6. The molecule has 0 amide bonds. The molecule has 0 saturated heterocycles. The molecule has 10 heteroatoms. The Morgan fingerprint density at radius 3 is 1.83 bits per heavy atom.